The predicted molar refractivity (Wildman–Crippen MR) is 78.4 cm³/mol. The second-order valence-corrected chi connectivity index (χ2v) is 5.21. The minimum absolute atomic E-state index is 0.720. The van der Waals surface area contributed by atoms with Gasteiger partial charge < -0.3 is 10.5 Å². The number of ether oxygens (including phenoxy) is 1. The van der Waals surface area contributed by atoms with E-state index in [1.54, 1.807) is 7.11 Å². The third-order valence-corrected chi connectivity index (χ3v) is 4.00. The summed E-state index contributed by atoms with van der Waals surface area (Å²) in [6.45, 7) is 0.720. The van der Waals surface area contributed by atoms with Crippen LogP contribution in [0.25, 0.3) is 10.9 Å². The van der Waals surface area contributed by atoms with Crippen LogP contribution in [0.15, 0.2) is 18.2 Å². The van der Waals surface area contributed by atoms with E-state index in [0.29, 0.717) is 0 Å². The number of pyridine rings is 1. The number of methoxy groups -OCH3 is 1. The molecular weight excluding hydrogens is 236 g/mol. The number of aryl methyl sites for hydroxylation is 1. The molecule has 3 nitrogen and oxygen atoms in total. The zero-order chi connectivity index (χ0) is 13.2. The maximum absolute atomic E-state index is 6.37. The quantitative estimate of drug-likeness (QED) is 0.918. The van der Waals surface area contributed by atoms with Gasteiger partial charge in [-0.05, 0) is 43.2 Å². The monoisotopic (exact) mass is 256 g/mol. The molecule has 0 saturated heterocycles. The maximum atomic E-state index is 6.37. The van der Waals surface area contributed by atoms with Gasteiger partial charge in [-0.1, -0.05) is 18.2 Å². The number of anilines is 1. The first kappa shape index (κ1) is 12.4. The Morgan fingerprint density at radius 2 is 2.11 bits per heavy atom. The lowest BCUT2D eigenvalue weighted by atomic mass is 9.92. The lowest BCUT2D eigenvalue weighted by molar-refractivity contribution is 0.202. The Bertz CT molecular complexity index is 607. The van der Waals surface area contributed by atoms with Crippen LogP contribution in [0, 0.1) is 0 Å². The van der Waals surface area contributed by atoms with Gasteiger partial charge in [-0.3, -0.25) is 4.98 Å². The van der Waals surface area contributed by atoms with E-state index in [1.165, 1.54) is 29.7 Å². The highest BCUT2D eigenvalue weighted by Crippen LogP contribution is 2.32. The molecule has 1 aromatic heterocycles. The molecule has 3 heteroatoms. The van der Waals surface area contributed by atoms with Gasteiger partial charge in [-0.15, -0.1) is 0 Å². The summed E-state index contributed by atoms with van der Waals surface area (Å²) in [4.78, 5) is 4.89. The van der Waals surface area contributed by atoms with Crippen LogP contribution in [-0.2, 0) is 24.0 Å². The standard InChI is InChI=1S/C16H20N2O/c1-19-10-9-11-5-4-7-13-15(17)12-6-2-3-8-14(12)18-16(11)13/h4-5,7H,2-3,6,8-10H2,1H3,(H2,17,18). The molecule has 0 bridgehead atoms. The maximum Gasteiger partial charge on any atom is 0.0759 e. The van der Waals surface area contributed by atoms with Crippen LogP contribution in [0.3, 0.4) is 0 Å². The SMILES string of the molecule is COCCc1cccc2c(N)c3c(nc12)CCCC3. The number of nitrogen functional groups attached to an aromatic ring is 1. The molecule has 19 heavy (non-hydrogen) atoms. The third kappa shape index (κ3) is 2.19. The van der Waals surface area contributed by atoms with Gasteiger partial charge in [0, 0.05) is 23.9 Å². The molecule has 2 N–H and O–H groups in total. The van der Waals surface area contributed by atoms with Gasteiger partial charge >= 0.3 is 0 Å². The topological polar surface area (TPSA) is 48.1 Å². The van der Waals surface area contributed by atoms with Crippen LogP contribution in [0.1, 0.15) is 29.7 Å². The van der Waals surface area contributed by atoms with E-state index in [1.807, 2.05) is 0 Å². The highest BCUT2D eigenvalue weighted by molar-refractivity contribution is 5.94. The molecule has 1 aliphatic rings. The van der Waals surface area contributed by atoms with Crippen LogP contribution < -0.4 is 5.73 Å². The van der Waals surface area contributed by atoms with E-state index in [-0.39, 0.29) is 0 Å². The average molecular weight is 256 g/mol. The Labute approximate surface area is 113 Å². The smallest absolute Gasteiger partial charge is 0.0759 e. The predicted octanol–water partition coefficient (Wildman–Crippen LogP) is 2.88. The Hall–Kier alpha value is -1.61. The van der Waals surface area contributed by atoms with E-state index >= 15 is 0 Å². The molecule has 0 aliphatic heterocycles. The van der Waals surface area contributed by atoms with Crippen LogP contribution in [0.5, 0.6) is 0 Å². The molecule has 1 aliphatic carbocycles. The highest BCUT2D eigenvalue weighted by Gasteiger charge is 2.17. The molecule has 0 saturated carbocycles. The van der Waals surface area contributed by atoms with E-state index in [4.69, 9.17) is 15.5 Å². The average Bonchev–Trinajstić information content (AvgIpc) is 2.46. The fraction of sp³-hybridized carbons (Fsp3) is 0.438. The molecule has 0 unspecified atom stereocenters. The summed E-state index contributed by atoms with van der Waals surface area (Å²) >= 11 is 0. The number of fused-ring (bicyclic) bond motifs is 2. The molecule has 1 aromatic carbocycles. The van der Waals surface area contributed by atoms with Crippen molar-refractivity contribution in [3.05, 3.63) is 35.0 Å². The first-order valence-corrected chi connectivity index (χ1v) is 6.99. The highest BCUT2D eigenvalue weighted by atomic mass is 16.5. The van der Waals surface area contributed by atoms with Gasteiger partial charge in [-0.2, -0.15) is 0 Å². The molecule has 0 atom stereocenters. The van der Waals surface area contributed by atoms with Crippen LogP contribution in [0.2, 0.25) is 0 Å². The number of para-hydroxylation sites is 1. The summed E-state index contributed by atoms with van der Waals surface area (Å²) in [5.74, 6) is 0. The zero-order valence-corrected chi connectivity index (χ0v) is 11.4. The first-order valence-electron chi connectivity index (χ1n) is 6.99. The van der Waals surface area contributed by atoms with Crippen molar-refractivity contribution in [2.45, 2.75) is 32.1 Å². The summed E-state index contributed by atoms with van der Waals surface area (Å²) in [5.41, 5.74) is 12.1. The third-order valence-electron chi connectivity index (χ3n) is 4.00. The summed E-state index contributed by atoms with van der Waals surface area (Å²) in [7, 11) is 1.73. The summed E-state index contributed by atoms with van der Waals surface area (Å²) in [6, 6.07) is 6.28. The largest absolute Gasteiger partial charge is 0.398 e. The van der Waals surface area contributed by atoms with E-state index in [0.717, 1.165) is 42.5 Å². The first-order chi connectivity index (χ1) is 9.31. The lowest BCUT2D eigenvalue weighted by Crippen LogP contribution is -2.10. The number of rotatable bonds is 3. The van der Waals surface area contributed by atoms with Crippen molar-refractivity contribution in [3.63, 3.8) is 0 Å². The van der Waals surface area contributed by atoms with Gasteiger partial charge in [-0.25, -0.2) is 0 Å². The molecule has 0 radical (unpaired) electrons. The molecule has 0 spiro atoms. The fourth-order valence-corrected chi connectivity index (χ4v) is 2.95. The second kappa shape index (κ2) is 5.17. The fourth-order valence-electron chi connectivity index (χ4n) is 2.95. The van der Waals surface area contributed by atoms with Gasteiger partial charge in [0.2, 0.25) is 0 Å². The molecule has 3 rings (SSSR count). The molecule has 100 valence electrons. The Morgan fingerprint density at radius 3 is 2.95 bits per heavy atom. The molecule has 0 amide bonds. The number of nitrogens with zero attached hydrogens (tertiary/aromatic N) is 1. The number of benzene rings is 1. The van der Waals surface area contributed by atoms with Crippen molar-refractivity contribution in [2.24, 2.45) is 0 Å². The zero-order valence-electron chi connectivity index (χ0n) is 11.4. The van der Waals surface area contributed by atoms with Crippen molar-refractivity contribution >= 4 is 16.6 Å². The number of aromatic nitrogens is 1. The second-order valence-electron chi connectivity index (χ2n) is 5.21. The van der Waals surface area contributed by atoms with Gasteiger partial charge in [0.25, 0.3) is 0 Å². The van der Waals surface area contributed by atoms with Gasteiger partial charge in [0.05, 0.1) is 12.1 Å². The van der Waals surface area contributed by atoms with Crippen molar-refractivity contribution in [1.82, 2.24) is 4.98 Å². The minimum atomic E-state index is 0.720. The summed E-state index contributed by atoms with van der Waals surface area (Å²) in [6.07, 6.45) is 5.48. The Balaban J connectivity index is 2.17. The summed E-state index contributed by atoms with van der Waals surface area (Å²) < 4.78 is 5.18. The van der Waals surface area contributed by atoms with E-state index in [9.17, 15) is 0 Å². The molecule has 2 aromatic rings. The van der Waals surface area contributed by atoms with E-state index in [2.05, 4.69) is 18.2 Å². The number of hydrogen-bond donors (Lipinski definition) is 1. The van der Waals surface area contributed by atoms with E-state index < -0.39 is 0 Å². The van der Waals surface area contributed by atoms with Crippen LogP contribution in [-0.4, -0.2) is 18.7 Å². The normalized spacial score (nSPS) is 14.6. The Morgan fingerprint density at radius 1 is 1.26 bits per heavy atom. The van der Waals surface area contributed by atoms with Crippen molar-refractivity contribution in [1.29, 1.82) is 0 Å². The minimum Gasteiger partial charge on any atom is -0.398 e. The molecule has 1 heterocycles. The van der Waals surface area contributed by atoms with Crippen LogP contribution >= 0.6 is 0 Å². The molecular formula is C16H20N2O. The van der Waals surface area contributed by atoms with Crippen LogP contribution in [0.4, 0.5) is 5.69 Å². The van der Waals surface area contributed by atoms with Gasteiger partial charge in [0.1, 0.15) is 0 Å². The molecule has 0 fully saturated rings. The number of hydrogen-bond acceptors (Lipinski definition) is 3. The van der Waals surface area contributed by atoms with Crippen molar-refractivity contribution < 1.29 is 4.74 Å². The Kier molecular flexibility index (Phi) is 3.38. The van der Waals surface area contributed by atoms with Crippen molar-refractivity contribution in [2.75, 3.05) is 19.5 Å². The van der Waals surface area contributed by atoms with Crippen molar-refractivity contribution in [3.8, 4) is 0 Å². The summed E-state index contributed by atoms with van der Waals surface area (Å²) in [5, 5.41) is 1.11. The number of nitrogens with two attached hydrogens (primary N) is 1. The lowest BCUT2D eigenvalue weighted by Gasteiger charge is -2.19. The van der Waals surface area contributed by atoms with Gasteiger partial charge in [0.15, 0.2) is 0 Å².